The van der Waals surface area contributed by atoms with Crippen LogP contribution in [0, 0.1) is 11.6 Å². The number of halogens is 2. The number of nitrogens with zero attached hydrogens (tertiary/aromatic N) is 2. The molecule has 162 valence electrons. The molecule has 0 saturated carbocycles. The van der Waals surface area contributed by atoms with Crippen molar-refractivity contribution in [2.45, 2.75) is 24.2 Å². The summed E-state index contributed by atoms with van der Waals surface area (Å²) < 4.78 is 55.0. The number of thiazole rings is 1. The molecule has 1 fully saturated rings. The second-order valence-corrected chi connectivity index (χ2v) is 9.84. The van der Waals surface area contributed by atoms with E-state index >= 15 is 0 Å². The number of benzene rings is 2. The molecule has 1 N–H and O–H groups in total. The molecule has 2 heterocycles. The molecule has 2 aromatic carbocycles. The number of hydrogen-bond donors (Lipinski definition) is 1. The van der Waals surface area contributed by atoms with E-state index in [9.17, 15) is 22.0 Å². The Bertz CT molecular complexity index is 1220. The monoisotopic (exact) mass is 463 g/mol. The predicted molar refractivity (Wildman–Crippen MR) is 114 cm³/mol. The average molecular weight is 464 g/mol. The highest BCUT2D eigenvalue weighted by Gasteiger charge is 2.30. The van der Waals surface area contributed by atoms with Gasteiger partial charge in [-0.15, -0.1) is 11.3 Å². The first-order valence-corrected chi connectivity index (χ1v) is 12.0. The van der Waals surface area contributed by atoms with E-state index in [4.69, 9.17) is 0 Å². The molecule has 0 atom stereocenters. The van der Waals surface area contributed by atoms with Crippen LogP contribution in [0.15, 0.2) is 52.7 Å². The molecule has 1 aromatic heterocycles. The summed E-state index contributed by atoms with van der Waals surface area (Å²) in [7, 11) is -3.81. The number of hydrogen-bond acceptors (Lipinski definition) is 5. The molecule has 1 amide bonds. The van der Waals surface area contributed by atoms with Crippen LogP contribution >= 0.6 is 11.3 Å². The first-order valence-electron chi connectivity index (χ1n) is 9.68. The van der Waals surface area contributed by atoms with Crippen molar-refractivity contribution in [3.8, 4) is 11.3 Å². The molecule has 0 bridgehead atoms. The van der Waals surface area contributed by atoms with Crippen LogP contribution in [0.25, 0.3) is 11.3 Å². The third-order valence-corrected chi connectivity index (χ3v) is 7.71. The highest BCUT2D eigenvalue weighted by molar-refractivity contribution is 7.89. The van der Waals surface area contributed by atoms with Gasteiger partial charge in [-0.05, 0) is 43.2 Å². The SMILES string of the molecule is O=C(Nc1nc(-c2cc(F)ccc2F)cs1)c1ccccc1S(=O)(=O)N1CCCCC1. The lowest BCUT2D eigenvalue weighted by Crippen LogP contribution is -2.36. The van der Waals surface area contributed by atoms with Gasteiger partial charge >= 0.3 is 0 Å². The lowest BCUT2D eigenvalue weighted by Gasteiger charge is -2.26. The summed E-state index contributed by atoms with van der Waals surface area (Å²) in [4.78, 5) is 17.0. The van der Waals surface area contributed by atoms with E-state index in [1.807, 2.05) is 0 Å². The Kier molecular flexibility index (Phi) is 6.12. The van der Waals surface area contributed by atoms with Crippen LogP contribution in [0.2, 0.25) is 0 Å². The Balaban J connectivity index is 1.59. The molecule has 0 unspecified atom stereocenters. The summed E-state index contributed by atoms with van der Waals surface area (Å²) in [6, 6.07) is 9.04. The fraction of sp³-hybridized carbons (Fsp3) is 0.238. The standard InChI is InChI=1S/C21H19F2N3O3S2/c22-14-8-9-17(23)16(12-14)18-13-30-21(24-18)25-20(27)15-6-2-3-7-19(15)31(28,29)26-10-4-1-5-11-26/h2-3,6-9,12-13H,1,4-5,10-11H2,(H,24,25,27). The Labute approximate surface area is 182 Å². The molecular formula is C21H19F2N3O3S2. The molecule has 0 spiro atoms. The summed E-state index contributed by atoms with van der Waals surface area (Å²) in [6.07, 6.45) is 2.55. The maximum atomic E-state index is 14.0. The van der Waals surface area contributed by atoms with Crippen LogP contribution in [0.4, 0.5) is 13.9 Å². The first-order chi connectivity index (χ1) is 14.9. The predicted octanol–water partition coefficient (Wildman–Crippen LogP) is 4.52. The molecule has 10 heteroatoms. The molecule has 6 nitrogen and oxygen atoms in total. The van der Waals surface area contributed by atoms with E-state index in [1.54, 1.807) is 12.1 Å². The first kappa shape index (κ1) is 21.5. The Morgan fingerprint density at radius 2 is 1.81 bits per heavy atom. The van der Waals surface area contributed by atoms with Crippen molar-refractivity contribution in [2.24, 2.45) is 0 Å². The van der Waals surface area contributed by atoms with E-state index in [0.717, 1.165) is 48.8 Å². The maximum Gasteiger partial charge on any atom is 0.258 e. The van der Waals surface area contributed by atoms with Gasteiger partial charge < -0.3 is 0 Å². The summed E-state index contributed by atoms with van der Waals surface area (Å²) in [5.74, 6) is -1.88. The van der Waals surface area contributed by atoms with Gasteiger partial charge in [-0.25, -0.2) is 22.2 Å². The van der Waals surface area contributed by atoms with Crippen molar-refractivity contribution >= 4 is 32.4 Å². The van der Waals surface area contributed by atoms with Gasteiger partial charge in [-0.3, -0.25) is 10.1 Å². The Morgan fingerprint density at radius 3 is 2.58 bits per heavy atom. The molecule has 1 aliphatic heterocycles. The van der Waals surface area contributed by atoms with Crippen molar-refractivity contribution < 1.29 is 22.0 Å². The number of carbonyl (C=O) groups is 1. The fourth-order valence-electron chi connectivity index (χ4n) is 3.44. The maximum absolute atomic E-state index is 14.0. The van der Waals surface area contributed by atoms with Crippen molar-refractivity contribution in [1.29, 1.82) is 0 Å². The van der Waals surface area contributed by atoms with E-state index < -0.39 is 27.6 Å². The van der Waals surface area contributed by atoms with Crippen LogP contribution < -0.4 is 5.32 Å². The average Bonchev–Trinajstić information content (AvgIpc) is 3.24. The van der Waals surface area contributed by atoms with Crippen molar-refractivity contribution in [2.75, 3.05) is 18.4 Å². The van der Waals surface area contributed by atoms with Gasteiger partial charge in [0.05, 0.1) is 16.2 Å². The number of nitrogens with one attached hydrogen (secondary N) is 1. The quantitative estimate of drug-likeness (QED) is 0.604. The number of aromatic nitrogens is 1. The van der Waals surface area contributed by atoms with Gasteiger partial charge in [0, 0.05) is 24.0 Å². The summed E-state index contributed by atoms with van der Waals surface area (Å²) in [5.41, 5.74) is 0.151. The minimum absolute atomic E-state index is 0.00163. The number of piperidine rings is 1. The lowest BCUT2D eigenvalue weighted by atomic mass is 10.1. The number of sulfonamides is 1. The second-order valence-electron chi connectivity index (χ2n) is 7.08. The molecule has 0 radical (unpaired) electrons. The van der Waals surface area contributed by atoms with Gasteiger partial charge in [0.2, 0.25) is 10.0 Å². The molecule has 1 aliphatic rings. The number of anilines is 1. The number of rotatable bonds is 5. The van der Waals surface area contributed by atoms with E-state index in [0.29, 0.717) is 13.1 Å². The molecule has 0 aliphatic carbocycles. The van der Waals surface area contributed by atoms with Gasteiger partial charge in [0.15, 0.2) is 5.13 Å². The third kappa shape index (κ3) is 4.51. The van der Waals surface area contributed by atoms with Gasteiger partial charge in [-0.1, -0.05) is 18.6 Å². The fourth-order valence-corrected chi connectivity index (χ4v) is 5.85. The normalized spacial score (nSPS) is 15.0. The molecule has 3 aromatic rings. The smallest absolute Gasteiger partial charge is 0.258 e. The van der Waals surface area contributed by atoms with Crippen LogP contribution in [0.5, 0.6) is 0 Å². The minimum Gasteiger partial charge on any atom is -0.298 e. The van der Waals surface area contributed by atoms with Gasteiger partial charge in [-0.2, -0.15) is 4.31 Å². The highest BCUT2D eigenvalue weighted by atomic mass is 32.2. The van der Waals surface area contributed by atoms with Crippen molar-refractivity contribution in [1.82, 2.24) is 9.29 Å². The van der Waals surface area contributed by atoms with Crippen LogP contribution in [0.1, 0.15) is 29.6 Å². The molecule has 1 saturated heterocycles. The van der Waals surface area contributed by atoms with Crippen LogP contribution in [0.3, 0.4) is 0 Å². The summed E-state index contributed by atoms with van der Waals surface area (Å²) in [5, 5.41) is 4.20. The minimum atomic E-state index is -3.81. The van der Waals surface area contributed by atoms with Gasteiger partial charge in [0.1, 0.15) is 11.6 Å². The largest absolute Gasteiger partial charge is 0.298 e. The topological polar surface area (TPSA) is 79.4 Å². The highest BCUT2D eigenvalue weighted by Crippen LogP contribution is 2.29. The second kappa shape index (κ2) is 8.81. The van der Waals surface area contributed by atoms with Crippen molar-refractivity contribution in [3.63, 3.8) is 0 Å². The summed E-state index contributed by atoms with van der Waals surface area (Å²) >= 11 is 1.03. The zero-order valence-electron chi connectivity index (χ0n) is 16.3. The number of carbonyl (C=O) groups excluding carboxylic acids is 1. The summed E-state index contributed by atoms with van der Waals surface area (Å²) in [6.45, 7) is 0.848. The van der Waals surface area contributed by atoms with E-state index in [2.05, 4.69) is 10.3 Å². The Hall–Kier alpha value is -2.69. The zero-order chi connectivity index (χ0) is 22.0. The lowest BCUT2D eigenvalue weighted by molar-refractivity contribution is 0.102. The molecule has 4 rings (SSSR count). The van der Waals surface area contributed by atoms with E-state index in [1.165, 1.54) is 21.8 Å². The number of amides is 1. The van der Waals surface area contributed by atoms with Crippen LogP contribution in [-0.2, 0) is 10.0 Å². The third-order valence-electron chi connectivity index (χ3n) is 4.99. The van der Waals surface area contributed by atoms with Crippen molar-refractivity contribution in [3.05, 3.63) is 65.0 Å². The zero-order valence-corrected chi connectivity index (χ0v) is 18.0. The van der Waals surface area contributed by atoms with Crippen LogP contribution in [-0.4, -0.2) is 36.7 Å². The van der Waals surface area contributed by atoms with Gasteiger partial charge in [0.25, 0.3) is 5.91 Å². The van der Waals surface area contributed by atoms with E-state index in [-0.39, 0.29) is 26.8 Å². The molecule has 31 heavy (non-hydrogen) atoms. The Morgan fingerprint density at radius 1 is 1.06 bits per heavy atom. The molecular weight excluding hydrogens is 444 g/mol.